The van der Waals surface area contributed by atoms with Gasteiger partial charge in [0.2, 0.25) is 5.78 Å². The fourth-order valence-electron chi connectivity index (χ4n) is 1.46. The number of rotatable bonds is 3. The second-order valence-electron chi connectivity index (χ2n) is 4.12. The van der Waals surface area contributed by atoms with Gasteiger partial charge in [-0.2, -0.15) is 0 Å². The number of nitrogens with one attached hydrogen (secondary N) is 1. The number of Topliss-reactive ketones (excluding diaryl/α,β-unsaturated/α-hetero) is 1. The third-order valence-corrected chi connectivity index (χ3v) is 2.36. The molecule has 0 atom stereocenters. The van der Waals surface area contributed by atoms with Crippen molar-refractivity contribution in [1.82, 2.24) is 5.32 Å². The van der Waals surface area contributed by atoms with E-state index in [0.29, 0.717) is 5.57 Å². The van der Waals surface area contributed by atoms with Crippen LogP contribution >= 0.6 is 0 Å². The number of hydrogen-bond donors (Lipinski definition) is 1. The van der Waals surface area contributed by atoms with Gasteiger partial charge in [0.25, 0.3) is 0 Å². The molecule has 0 heterocycles. The Balaban J connectivity index is 2.75. The Morgan fingerprint density at radius 2 is 2.06 bits per heavy atom. The van der Waals surface area contributed by atoms with Crippen LogP contribution in [-0.2, 0) is 9.53 Å². The predicted molar refractivity (Wildman–Crippen MR) is 61.1 cm³/mol. The summed E-state index contributed by atoms with van der Waals surface area (Å²) in [7, 11) is 1.46. The van der Waals surface area contributed by atoms with Crippen molar-refractivity contribution in [3.8, 4) is 0 Å². The fourth-order valence-corrected chi connectivity index (χ4v) is 1.46. The van der Waals surface area contributed by atoms with Crippen LogP contribution in [0, 0.1) is 0 Å². The fraction of sp³-hybridized carbons (Fsp3) is 0.500. The molecule has 0 bridgehead atoms. The Labute approximate surface area is 95.4 Å². The van der Waals surface area contributed by atoms with Crippen molar-refractivity contribution in [2.24, 2.45) is 0 Å². The molecule has 1 rings (SSSR count). The van der Waals surface area contributed by atoms with E-state index in [-0.39, 0.29) is 5.78 Å². The first-order valence-electron chi connectivity index (χ1n) is 5.29. The summed E-state index contributed by atoms with van der Waals surface area (Å²) in [6.07, 6.45) is 6.81. The van der Waals surface area contributed by atoms with E-state index in [4.69, 9.17) is 4.74 Å². The normalized spacial score (nSPS) is 15.3. The lowest BCUT2D eigenvalue weighted by molar-refractivity contribution is -0.130. The van der Waals surface area contributed by atoms with Gasteiger partial charge in [0.1, 0.15) is 0 Å². The summed E-state index contributed by atoms with van der Waals surface area (Å²) in [5, 5.41) is 2.33. The molecule has 4 nitrogen and oxygen atoms in total. The highest BCUT2D eigenvalue weighted by atomic mass is 16.6. The highest BCUT2D eigenvalue weighted by Crippen LogP contribution is 2.20. The van der Waals surface area contributed by atoms with Gasteiger partial charge in [-0.25, -0.2) is 4.79 Å². The van der Waals surface area contributed by atoms with Gasteiger partial charge >= 0.3 is 6.09 Å². The molecule has 0 aromatic heterocycles. The lowest BCUT2D eigenvalue weighted by atomic mass is 9.93. The Morgan fingerprint density at radius 3 is 2.56 bits per heavy atom. The van der Waals surface area contributed by atoms with E-state index in [1.807, 2.05) is 12.2 Å². The third kappa shape index (κ3) is 2.95. The van der Waals surface area contributed by atoms with Gasteiger partial charge in [-0.05, 0) is 26.7 Å². The number of alkyl carbamates (subject to hydrolysis) is 1. The van der Waals surface area contributed by atoms with Crippen molar-refractivity contribution in [2.75, 3.05) is 7.05 Å². The first-order chi connectivity index (χ1) is 7.47. The molecular formula is C12H17NO3. The molecule has 0 spiro atoms. The maximum absolute atomic E-state index is 12.0. The van der Waals surface area contributed by atoms with Crippen LogP contribution in [0.5, 0.6) is 0 Å². The number of hydrogen-bond acceptors (Lipinski definition) is 3. The molecule has 0 aromatic rings. The van der Waals surface area contributed by atoms with Crippen LogP contribution < -0.4 is 5.32 Å². The van der Waals surface area contributed by atoms with Crippen molar-refractivity contribution in [3.63, 3.8) is 0 Å². The standard InChI is InChI=1S/C12H17NO3/c1-12(2,16-11(15)13-3)10(14)9-7-5-4-6-8-9/h5,7-8H,4,6H2,1-3H3,(H,13,15). The molecular weight excluding hydrogens is 206 g/mol. The van der Waals surface area contributed by atoms with E-state index in [2.05, 4.69) is 5.32 Å². The second-order valence-corrected chi connectivity index (χ2v) is 4.12. The molecule has 0 aliphatic heterocycles. The molecule has 88 valence electrons. The van der Waals surface area contributed by atoms with Crippen LogP contribution in [0.1, 0.15) is 26.7 Å². The van der Waals surface area contributed by atoms with Gasteiger partial charge in [0, 0.05) is 12.6 Å². The average Bonchev–Trinajstić information content (AvgIpc) is 2.28. The van der Waals surface area contributed by atoms with E-state index in [1.165, 1.54) is 7.05 Å². The largest absolute Gasteiger partial charge is 0.435 e. The van der Waals surface area contributed by atoms with Gasteiger partial charge in [-0.1, -0.05) is 18.2 Å². The Morgan fingerprint density at radius 1 is 1.38 bits per heavy atom. The van der Waals surface area contributed by atoms with Gasteiger partial charge in [0.15, 0.2) is 5.60 Å². The number of ketones is 1. The van der Waals surface area contributed by atoms with Crippen LogP contribution in [0.2, 0.25) is 0 Å². The summed E-state index contributed by atoms with van der Waals surface area (Å²) in [5.41, 5.74) is -0.520. The zero-order valence-corrected chi connectivity index (χ0v) is 9.87. The summed E-state index contributed by atoms with van der Waals surface area (Å²) in [6, 6.07) is 0. The van der Waals surface area contributed by atoms with Crippen LogP contribution in [0.3, 0.4) is 0 Å². The molecule has 1 aliphatic carbocycles. The van der Waals surface area contributed by atoms with Gasteiger partial charge in [0.05, 0.1) is 0 Å². The van der Waals surface area contributed by atoms with Crippen molar-refractivity contribution in [2.45, 2.75) is 32.3 Å². The van der Waals surface area contributed by atoms with E-state index >= 15 is 0 Å². The molecule has 4 heteroatoms. The second kappa shape index (κ2) is 4.96. The molecule has 1 aliphatic rings. The molecule has 16 heavy (non-hydrogen) atoms. The monoisotopic (exact) mass is 223 g/mol. The molecule has 0 saturated carbocycles. The first kappa shape index (κ1) is 12.5. The minimum atomic E-state index is -1.13. The number of allylic oxidation sites excluding steroid dienone is 3. The van der Waals surface area contributed by atoms with Crippen molar-refractivity contribution >= 4 is 11.9 Å². The zero-order valence-electron chi connectivity index (χ0n) is 9.87. The quantitative estimate of drug-likeness (QED) is 0.795. The Bertz CT molecular complexity index is 353. The van der Waals surface area contributed by atoms with Crippen LogP contribution in [0.25, 0.3) is 0 Å². The molecule has 1 amide bonds. The van der Waals surface area contributed by atoms with Crippen molar-refractivity contribution < 1.29 is 14.3 Å². The summed E-state index contributed by atoms with van der Waals surface area (Å²) < 4.78 is 5.03. The molecule has 0 saturated heterocycles. The van der Waals surface area contributed by atoms with E-state index in [1.54, 1.807) is 19.9 Å². The van der Waals surface area contributed by atoms with Crippen LogP contribution in [-0.4, -0.2) is 24.5 Å². The van der Waals surface area contributed by atoms with Gasteiger partial charge < -0.3 is 10.1 Å². The van der Waals surface area contributed by atoms with Crippen LogP contribution in [0.15, 0.2) is 23.8 Å². The third-order valence-electron chi connectivity index (χ3n) is 2.36. The summed E-state index contributed by atoms with van der Waals surface area (Å²) in [6.45, 7) is 3.18. The Hall–Kier alpha value is -1.58. The van der Waals surface area contributed by atoms with E-state index in [9.17, 15) is 9.59 Å². The maximum Gasteiger partial charge on any atom is 0.407 e. The smallest absolute Gasteiger partial charge is 0.407 e. The molecule has 0 fully saturated rings. The Kier molecular flexibility index (Phi) is 3.88. The molecule has 0 aromatic carbocycles. The lowest BCUT2D eigenvalue weighted by Gasteiger charge is -2.24. The number of carbonyl (C=O) groups is 2. The number of carbonyl (C=O) groups excluding carboxylic acids is 2. The highest BCUT2D eigenvalue weighted by Gasteiger charge is 2.33. The summed E-state index contributed by atoms with van der Waals surface area (Å²) in [5.74, 6) is -0.174. The van der Waals surface area contributed by atoms with E-state index < -0.39 is 11.7 Å². The van der Waals surface area contributed by atoms with Crippen molar-refractivity contribution in [1.29, 1.82) is 0 Å². The predicted octanol–water partition coefficient (Wildman–Crippen LogP) is 1.97. The number of ether oxygens (including phenoxy) is 1. The summed E-state index contributed by atoms with van der Waals surface area (Å²) >= 11 is 0. The van der Waals surface area contributed by atoms with E-state index in [0.717, 1.165) is 12.8 Å². The lowest BCUT2D eigenvalue weighted by Crippen LogP contribution is -2.40. The topological polar surface area (TPSA) is 55.4 Å². The zero-order chi connectivity index (χ0) is 12.2. The van der Waals surface area contributed by atoms with Gasteiger partial charge in [-0.15, -0.1) is 0 Å². The average molecular weight is 223 g/mol. The molecule has 0 radical (unpaired) electrons. The minimum Gasteiger partial charge on any atom is -0.435 e. The van der Waals surface area contributed by atoms with Crippen LogP contribution in [0.4, 0.5) is 4.79 Å². The number of amides is 1. The highest BCUT2D eigenvalue weighted by molar-refractivity contribution is 6.04. The molecule has 0 unspecified atom stereocenters. The molecule has 1 N–H and O–H groups in total. The van der Waals surface area contributed by atoms with Gasteiger partial charge in [-0.3, -0.25) is 4.79 Å². The van der Waals surface area contributed by atoms with Crippen molar-refractivity contribution in [3.05, 3.63) is 23.8 Å². The minimum absolute atomic E-state index is 0.174. The maximum atomic E-state index is 12.0. The SMILES string of the molecule is CNC(=O)OC(C)(C)C(=O)C1=CCCC=C1. The first-order valence-corrected chi connectivity index (χ1v) is 5.29. The summed E-state index contributed by atoms with van der Waals surface area (Å²) in [4.78, 5) is 23.1.